The van der Waals surface area contributed by atoms with Crippen LogP contribution in [-0.4, -0.2) is 42.0 Å². The molecule has 1 aromatic rings. The Kier molecular flexibility index (Phi) is 4.36. The molecule has 94 valence electrons. The van der Waals surface area contributed by atoms with Crippen LogP contribution in [0, 0.1) is 0 Å². The van der Waals surface area contributed by atoms with Crippen LogP contribution in [0.2, 0.25) is 0 Å². The van der Waals surface area contributed by atoms with E-state index in [1.54, 1.807) is 11.3 Å². The second-order valence-electron chi connectivity index (χ2n) is 4.29. The van der Waals surface area contributed by atoms with E-state index in [-0.39, 0.29) is 0 Å². The quantitative estimate of drug-likeness (QED) is 0.823. The largest absolute Gasteiger partial charge is 0.345 e. The van der Waals surface area contributed by atoms with Gasteiger partial charge in [0, 0.05) is 44.2 Å². The Bertz CT molecular complexity index is 345. The summed E-state index contributed by atoms with van der Waals surface area (Å²) in [6, 6.07) is 0. The fourth-order valence-corrected chi connectivity index (χ4v) is 2.70. The highest BCUT2D eigenvalue weighted by Gasteiger charge is 2.21. The van der Waals surface area contributed by atoms with Gasteiger partial charge in [0.2, 0.25) is 5.91 Å². The van der Waals surface area contributed by atoms with Crippen molar-refractivity contribution in [2.24, 2.45) is 0 Å². The maximum Gasteiger partial charge on any atom is 0.222 e. The van der Waals surface area contributed by atoms with Crippen LogP contribution < -0.4 is 4.90 Å². The van der Waals surface area contributed by atoms with Gasteiger partial charge < -0.3 is 9.80 Å². The van der Waals surface area contributed by atoms with Gasteiger partial charge in [0.25, 0.3) is 0 Å². The number of carbonyl (C=O) groups excluding carboxylic acids is 1. The standard InChI is InChI=1S/C12H19N3OS/c1-2-3-4-11(16)14-6-8-15(9-7-14)12-13-5-10-17-12/h5,10H,2-4,6-9H2,1H3. The number of aromatic nitrogens is 1. The zero-order chi connectivity index (χ0) is 12.1. The van der Waals surface area contributed by atoms with E-state index in [1.807, 2.05) is 16.5 Å². The predicted octanol–water partition coefficient (Wildman–Crippen LogP) is 1.98. The summed E-state index contributed by atoms with van der Waals surface area (Å²) in [7, 11) is 0. The molecule has 1 aromatic heterocycles. The number of unbranched alkanes of at least 4 members (excludes halogenated alkanes) is 1. The van der Waals surface area contributed by atoms with Crippen LogP contribution in [0.4, 0.5) is 5.13 Å². The third kappa shape index (κ3) is 3.19. The Morgan fingerprint density at radius 1 is 1.41 bits per heavy atom. The smallest absolute Gasteiger partial charge is 0.222 e. The van der Waals surface area contributed by atoms with E-state index in [2.05, 4.69) is 16.8 Å². The molecule has 2 heterocycles. The van der Waals surface area contributed by atoms with Crippen LogP contribution in [0.1, 0.15) is 26.2 Å². The number of rotatable bonds is 4. The van der Waals surface area contributed by atoms with Crippen LogP contribution in [0.25, 0.3) is 0 Å². The molecule has 1 saturated heterocycles. The Labute approximate surface area is 106 Å². The molecule has 0 aromatic carbocycles. The van der Waals surface area contributed by atoms with Crippen LogP contribution in [0.3, 0.4) is 0 Å². The molecule has 1 amide bonds. The van der Waals surface area contributed by atoms with Crippen LogP contribution in [0.15, 0.2) is 11.6 Å². The first-order valence-electron chi connectivity index (χ1n) is 6.23. The van der Waals surface area contributed by atoms with E-state index in [0.29, 0.717) is 12.3 Å². The van der Waals surface area contributed by atoms with Gasteiger partial charge in [0.15, 0.2) is 5.13 Å². The molecule has 0 radical (unpaired) electrons. The lowest BCUT2D eigenvalue weighted by Crippen LogP contribution is -2.48. The van der Waals surface area contributed by atoms with Crippen molar-refractivity contribution in [2.75, 3.05) is 31.1 Å². The molecule has 0 atom stereocenters. The number of piperazine rings is 1. The molecule has 17 heavy (non-hydrogen) atoms. The second-order valence-corrected chi connectivity index (χ2v) is 5.16. The number of nitrogens with zero attached hydrogens (tertiary/aromatic N) is 3. The lowest BCUT2D eigenvalue weighted by atomic mass is 10.2. The summed E-state index contributed by atoms with van der Waals surface area (Å²) in [6.07, 6.45) is 4.63. The van der Waals surface area contributed by atoms with Gasteiger partial charge in [-0.05, 0) is 6.42 Å². The third-order valence-electron chi connectivity index (χ3n) is 3.07. The summed E-state index contributed by atoms with van der Waals surface area (Å²) in [5.41, 5.74) is 0. The van der Waals surface area contributed by atoms with Gasteiger partial charge in [-0.3, -0.25) is 4.79 Å². The molecule has 1 fully saturated rings. The highest BCUT2D eigenvalue weighted by atomic mass is 32.1. The Morgan fingerprint density at radius 3 is 2.76 bits per heavy atom. The average molecular weight is 253 g/mol. The number of amides is 1. The topological polar surface area (TPSA) is 36.4 Å². The van der Waals surface area contributed by atoms with Crippen molar-refractivity contribution in [3.05, 3.63) is 11.6 Å². The molecule has 1 aliphatic rings. The van der Waals surface area contributed by atoms with Gasteiger partial charge >= 0.3 is 0 Å². The predicted molar refractivity (Wildman–Crippen MR) is 70.4 cm³/mol. The highest BCUT2D eigenvalue weighted by molar-refractivity contribution is 7.13. The SMILES string of the molecule is CCCCC(=O)N1CCN(c2nccs2)CC1. The van der Waals surface area contributed by atoms with E-state index in [4.69, 9.17) is 0 Å². The number of hydrogen-bond acceptors (Lipinski definition) is 4. The molecule has 5 heteroatoms. The van der Waals surface area contributed by atoms with Crippen molar-refractivity contribution in [2.45, 2.75) is 26.2 Å². The summed E-state index contributed by atoms with van der Waals surface area (Å²) in [4.78, 5) is 20.4. The normalized spacial score (nSPS) is 16.3. The molecule has 0 saturated carbocycles. The minimum Gasteiger partial charge on any atom is -0.345 e. The summed E-state index contributed by atoms with van der Waals surface area (Å²) < 4.78 is 0. The molecule has 0 aliphatic carbocycles. The zero-order valence-corrected chi connectivity index (χ0v) is 11.1. The fraction of sp³-hybridized carbons (Fsp3) is 0.667. The summed E-state index contributed by atoms with van der Waals surface area (Å²) in [5, 5.41) is 3.07. The third-order valence-corrected chi connectivity index (χ3v) is 3.90. The van der Waals surface area contributed by atoms with Crippen LogP contribution >= 0.6 is 11.3 Å². The first-order valence-corrected chi connectivity index (χ1v) is 7.11. The number of hydrogen-bond donors (Lipinski definition) is 0. The summed E-state index contributed by atoms with van der Waals surface area (Å²) in [6.45, 7) is 5.61. The van der Waals surface area contributed by atoms with Gasteiger partial charge in [0.1, 0.15) is 0 Å². The lowest BCUT2D eigenvalue weighted by Gasteiger charge is -2.34. The maximum absolute atomic E-state index is 11.8. The average Bonchev–Trinajstić information content (AvgIpc) is 2.90. The first-order chi connectivity index (χ1) is 8.31. The Hall–Kier alpha value is -1.10. The van der Waals surface area contributed by atoms with Gasteiger partial charge in [-0.15, -0.1) is 11.3 Å². The highest BCUT2D eigenvalue weighted by Crippen LogP contribution is 2.19. The first kappa shape index (κ1) is 12.4. The van der Waals surface area contributed by atoms with E-state index >= 15 is 0 Å². The Morgan fingerprint density at radius 2 is 2.18 bits per heavy atom. The molecule has 0 bridgehead atoms. The van der Waals surface area contributed by atoms with Crippen molar-refractivity contribution >= 4 is 22.4 Å². The zero-order valence-electron chi connectivity index (χ0n) is 10.3. The fourth-order valence-electron chi connectivity index (χ4n) is 2.01. The molecule has 4 nitrogen and oxygen atoms in total. The van der Waals surface area contributed by atoms with Crippen LogP contribution in [-0.2, 0) is 4.79 Å². The van der Waals surface area contributed by atoms with E-state index in [9.17, 15) is 4.79 Å². The van der Waals surface area contributed by atoms with Crippen LogP contribution in [0.5, 0.6) is 0 Å². The van der Waals surface area contributed by atoms with E-state index < -0.39 is 0 Å². The maximum atomic E-state index is 11.8. The lowest BCUT2D eigenvalue weighted by molar-refractivity contribution is -0.131. The molecule has 2 rings (SSSR count). The van der Waals surface area contributed by atoms with Crippen molar-refractivity contribution in [3.8, 4) is 0 Å². The van der Waals surface area contributed by atoms with Crippen molar-refractivity contribution < 1.29 is 4.79 Å². The van der Waals surface area contributed by atoms with Crippen molar-refractivity contribution in [1.82, 2.24) is 9.88 Å². The summed E-state index contributed by atoms with van der Waals surface area (Å²) >= 11 is 1.66. The monoisotopic (exact) mass is 253 g/mol. The van der Waals surface area contributed by atoms with Gasteiger partial charge in [-0.25, -0.2) is 4.98 Å². The molecule has 0 N–H and O–H groups in total. The Balaban J connectivity index is 1.80. The van der Waals surface area contributed by atoms with E-state index in [0.717, 1.165) is 44.2 Å². The molecular formula is C12H19N3OS. The van der Waals surface area contributed by atoms with Crippen molar-refractivity contribution in [3.63, 3.8) is 0 Å². The number of thiazole rings is 1. The molecule has 0 spiro atoms. The van der Waals surface area contributed by atoms with Gasteiger partial charge in [0.05, 0.1) is 0 Å². The molecule has 1 aliphatic heterocycles. The minimum atomic E-state index is 0.311. The number of carbonyl (C=O) groups is 1. The van der Waals surface area contributed by atoms with E-state index in [1.165, 1.54) is 0 Å². The summed E-state index contributed by atoms with van der Waals surface area (Å²) in [5.74, 6) is 0.311. The van der Waals surface area contributed by atoms with Crippen molar-refractivity contribution in [1.29, 1.82) is 0 Å². The minimum absolute atomic E-state index is 0.311. The van der Waals surface area contributed by atoms with Gasteiger partial charge in [-0.2, -0.15) is 0 Å². The molecule has 0 unspecified atom stereocenters. The number of anilines is 1. The molecular weight excluding hydrogens is 234 g/mol. The van der Waals surface area contributed by atoms with Gasteiger partial charge in [-0.1, -0.05) is 13.3 Å². The second kappa shape index (κ2) is 6.00.